The lowest BCUT2D eigenvalue weighted by Gasteiger charge is -2.28. The first-order valence-corrected chi connectivity index (χ1v) is 20.5. The topological polar surface area (TPSA) is 16.4 Å². The van der Waals surface area contributed by atoms with E-state index in [0.717, 1.165) is 61.6 Å². The summed E-state index contributed by atoms with van der Waals surface area (Å²) in [7, 11) is 0. The zero-order valence-corrected chi connectivity index (χ0v) is 32.9. The highest BCUT2D eigenvalue weighted by atomic mass is 16.3. The van der Waals surface area contributed by atoms with Crippen molar-refractivity contribution in [3.05, 3.63) is 237 Å². The van der Waals surface area contributed by atoms with Gasteiger partial charge in [-0.05, 0) is 115 Å². The number of furan rings is 1. The van der Waals surface area contributed by atoms with Gasteiger partial charge in [0.15, 0.2) is 0 Å². The van der Waals surface area contributed by atoms with Gasteiger partial charge >= 0.3 is 0 Å². The van der Waals surface area contributed by atoms with E-state index in [0.29, 0.717) is 0 Å². The first-order valence-electron chi connectivity index (χ1n) is 20.5. The summed E-state index contributed by atoms with van der Waals surface area (Å²) >= 11 is 0. The van der Waals surface area contributed by atoms with E-state index < -0.39 is 0 Å². The standard InChI is InChI=1S/C58H39NO/c1-3-15-41(16-4-1)50-36-31-44(37-55(50)58-39-46-20-8-14-26-57(46)60-58)40-27-32-47(33-28-40)59(56-25-13-12-22-51(56)42-17-5-2-6-18-42)48-34-29-43(30-35-48)54-38-45-19-7-9-21-49(45)52-23-10-11-24-53(52)54/h1-39H. The van der Waals surface area contributed by atoms with Gasteiger partial charge in [-0.3, -0.25) is 0 Å². The van der Waals surface area contributed by atoms with Crippen LogP contribution in [0.15, 0.2) is 241 Å². The second-order valence-electron chi connectivity index (χ2n) is 15.3. The zero-order chi connectivity index (χ0) is 39.8. The van der Waals surface area contributed by atoms with Gasteiger partial charge in [0.05, 0.1) is 5.69 Å². The Morgan fingerprint density at radius 1 is 0.283 bits per heavy atom. The Morgan fingerprint density at radius 3 is 1.53 bits per heavy atom. The second kappa shape index (κ2) is 15.1. The molecule has 0 aliphatic heterocycles. The third-order valence-corrected chi connectivity index (χ3v) is 11.7. The van der Waals surface area contributed by atoms with Crippen LogP contribution in [0.1, 0.15) is 0 Å². The molecule has 2 heteroatoms. The molecule has 60 heavy (non-hydrogen) atoms. The third kappa shape index (κ3) is 6.41. The van der Waals surface area contributed by atoms with Gasteiger partial charge in [-0.2, -0.15) is 0 Å². The fourth-order valence-electron chi connectivity index (χ4n) is 8.76. The predicted octanol–water partition coefficient (Wildman–Crippen LogP) is 16.5. The van der Waals surface area contributed by atoms with Crippen LogP contribution in [0.3, 0.4) is 0 Å². The highest BCUT2D eigenvalue weighted by Crippen LogP contribution is 2.44. The maximum Gasteiger partial charge on any atom is 0.136 e. The van der Waals surface area contributed by atoms with Crippen LogP contribution in [-0.2, 0) is 0 Å². The van der Waals surface area contributed by atoms with Crippen LogP contribution in [0.5, 0.6) is 0 Å². The normalized spacial score (nSPS) is 11.3. The number of para-hydroxylation sites is 2. The van der Waals surface area contributed by atoms with Crippen molar-refractivity contribution >= 4 is 49.6 Å². The molecule has 11 rings (SSSR count). The number of rotatable bonds is 8. The maximum atomic E-state index is 6.47. The van der Waals surface area contributed by atoms with Crippen LogP contribution >= 0.6 is 0 Å². The van der Waals surface area contributed by atoms with Crippen molar-refractivity contribution < 1.29 is 4.42 Å². The summed E-state index contributed by atoms with van der Waals surface area (Å²) in [6, 6.07) is 84.8. The average Bonchev–Trinajstić information content (AvgIpc) is 3.77. The van der Waals surface area contributed by atoms with Gasteiger partial charge in [-0.25, -0.2) is 0 Å². The van der Waals surface area contributed by atoms with E-state index in [9.17, 15) is 0 Å². The molecule has 0 bridgehead atoms. The molecule has 0 N–H and O–H groups in total. The summed E-state index contributed by atoms with van der Waals surface area (Å²) < 4.78 is 6.47. The molecule has 0 amide bonds. The molecule has 1 aromatic heterocycles. The van der Waals surface area contributed by atoms with E-state index in [1.54, 1.807) is 0 Å². The Bertz CT molecular complexity index is 3260. The highest BCUT2D eigenvalue weighted by Gasteiger charge is 2.19. The fraction of sp³-hybridized carbons (Fsp3) is 0. The summed E-state index contributed by atoms with van der Waals surface area (Å²) in [4.78, 5) is 2.38. The molecule has 10 aromatic carbocycles. The third-order valence-electron chi connectivity index (χ3n) is 11.7. The molecule has 1 heterocycles. The first-order chi connectivity index (χ1) is 29.7. The van der Waals surface area contributed by atoms with E-state index in [1.165, 1.54) is 43.8 Å². The minimum atomic E-state index is 0.859. The van der Waals surface area contributed by atoms with Crippen molar-refractivity contribution in [1.29, 1.82) is 0 Å². The van der Waals surface area contributed by atoms with E-state index >= 15 is 0 Å². The minimum Gasteiger partial charge on any atom is -0.456 e. The molecule has 0 saturated carbocycles. The Hall–Kier alpha value is -7.94. The molecule has 0 radical (unpaired) electrons. The van der Waals surface area contributed by atoms with E-state index in [-0.39, 0.29) is 0 Å². The van der Waals surface area contributed by atoms with Crippen LogP contribution in [0.4, 0.5) is 17.1 Å². The lowest BCUT2D eigenvalue weighted by atomic mass is 9.93. The number of fused-ring (bicyclic) bond motifs is 4. The largest absolute Gasteiger partial charge is 0.456 e. The first kappa shape index (κ1) is 35.2. The molecular formula is C58H39NO. The van der Waals surface area contributed by atoms with Gasteiger partial charge in [-0.15, -0.1) is 0 Å². The van der Waals surface area contributed by atoms with Gasteiger partial charge in [-0.1, -0.05) is 182 Å². The Balaban J connectivity index is 1.02. The Morgan fingerprint density at radius 2 is 0.817 bits per heavy atom. The second-order valence-corrected chi connectivity index (χ2v) is 15.3. The Labute approximate surface area is 349 Å². The van der Waals surface area contributed by atoms with Crippen molar-refractivity contribution in [2.24, 2.45) is 0 Å². The molecule has 11 aromatic rings. The van der Waals surface area contributed by atoms with Crippen LogP contribution in [0, 0.1) is 0 Å². The monoisotopic (exact) mass is 765 g/mol. The molecule has 0 aliphatic carbocycles. The van der Waals surface area contributed by atoms with Crippen molar-refractivity contribution in [2.75, 3.05) is 4.90 Å². The summed E-state index contributed by atoms with van der Waals surface area (Å²) in [6.45, 7) is 0. The molecule has 0 fully saturated rings. The number of nitrogens with zero attached hydrogens (tertiary/aromatic N) is 1. The van der Waals surface area contributed by atoms with Gasteiger partial charge < -0.3 is 9.32 Å². The highest BCUT2D eigenvalue weighted by molar-refractivity contribution is 6.13. The number of hydrogen-bond donors (Lipinski definition) is 0. The van der Waals surface area contributed by atoms with Crippen molar-refractivity contribution in [2.45, 2.75) is 0 Å². The van der Waals surface area contributed by atoms with Gasteiger partial charge in [0, 0.05) is 27.9 Å². The van der Waals surface area contributed by atoms with E-state index in [2.05, 4.69) is 229 Å². The predicted molar refractivity (Wildman–Crippen MR) is 253 cm³/mol. The lowest BCUT2D eigenvalue weighted by Crippen LogP contribution is -2.11. The molecule has 2 nitrogen and oxygen atoms in total. The molecule has 282 valence electrons. The molecule has 0 saturated heterocycles. The molecule has 0 unspecified atom stereocenters. The maximum absolute atomic E-state index is 6.47. The SMILES string of the molecule is c1ccc(-c2ccc(-c3ccc(N(c4ccc(-c5cc6ccccc6c6ccccc56)cc4)c4ccccc4-c4ccccc4)cc3)cc2-c2cc3ccccc3o2)cc1. The molecule has 0 spiro atoms. The number of hydrogen-bond acceptors (Lipinski definition) is 2. The summed E-state index contributed by atoms with van der Waals surface area (Å²) in [5, 5.41) is 6.14. The van der Waals surface area contributed by atoms with Crippen LogP contribution < -0.4 is 4.90 Å². The van der Waals surface area contributed by atoms with E-state index in [1.807, 2.05) is 12.1 Å². The van der Waals surface area contributed by atoms with Crippen molar-refractivity contribution in [1.82, 2.24) is 0 Å². The molecule has 0 aliphatic rings. The minimum absolute atomic E-state index is 0.859. The zero-order valence-electron chi connectivity index (χ0n) is 32.9. The van der Waals surface area contributed by atoms with Crippen LogP contribution in [-0.4, -0.2) is 0 Å². The van der Waals surface area contributed by atoms with Crippen molar-refractivity contribution in [3.8, 4) is 55.8 Å². The van der Waals surface area contributed by atoms with Gasteiger partial charge in [0.2, 0.25) is 0 Å². The summed E-state index contributed by atoms with van der Waals surface area (Å²) in [5.41, 5.74) is 14.5. The number of anilines is 3. The molecule has 0 atom stereocenters. The van der Waals surface area contributed by atoms with E-state index in [4.69, 9.17) is 4.42 Å². The van der Waals surface area contributed by atoms with Crippen LogP contribution in [0.2, 0.25) is 0 Å². The summed E-state index contributed by atoms with van der Waals surface area (Å²) in [5.74, 6) is 0.859. The van der Waals surface area contributed by atoms with Crippen LogP contribution in [0.25, 0.3) is 88.3 Å². The average molecular weight is 766 g/mol. The van der Waals surface area contributed by atoms with Crippen molar-refractivity contribution in [3.63, 3.8) is 0 Å². The number of benzene rings is 10. The summed E-state index contributed by atoms with van der Waals surface area (Å²) in [6.07, 6.45) is 0. The quantitative estimate of drug-likeness (QED) is 0.143. The van der Waals surface area contributed by atoms with Gasteiger partial charge in [0.1, 0.15) is 11.3 Å². The lowest BCUT2D eigenvalue weighted by molar-refractivity contribution is 0.632. The molecular weight excluding hydrogens is 727 g/mol. The smallest absolute Gasteiger partial charge is 0.136 e. The fourth-order valence-corrected chi connectivity index (χ4v) is 8.76. The Kier molecular flexibility index (Phi) is 8.87. The van der Waals surface area contributed by atoms with Gasteiger partial charge in [0.25, 0.3) is 0 Å².